The number of hydrogen-bond acceptors (Lipinski definition) is 6. The lowest BCUT2D eigenvalue weighted by atomic mass is 10.1. The number of nitro benzene ring substituents is 1. The fourth-order valence-corrected chi connectivity index (χ4v) is 2.62. The molecule has 0 spiro atoms. The molecule has 9 heteroatoms. The first-order valence-corrected chi connectivity index (χ1v) is 8.58. The minimum Gasteiger partial charge on any atom is -0.507 e. The normalized spacial score (nSPS) is 10.2. The summed E-state index contributed by atoms with van der Waals surface area (Å²) < 4.78 is 5.16. The number of carbonyl (C=O) groups is 2. The van der Waals surface area contributed by atoms with E-state index in [4.69, 9.17) is 16.3 Å². The number of nitrogens with zero attached hydrogens (tertiary/aromatic N) is 1. The quantitative estimate of drug-likeness (QED) is 0.277. The molecule has 0 saturated heterocycles. The molecule has 0 atom stereocenters. The summed E-state index contributed by atoms with van der Waals surface area (Å²) >= 11 is 5.73. The van der Waals surface area contributed by atoms with Crippen LogP contribution in [0.3, 0.4) is 0 Å². The van der Waals surface area contributed by atoms with Crippen LogP contribution in [-0.4, -0.2) is 21.9 Å². The molecule has 0 radical (unpaired) electrons. The van der Waals surface area contributed by atoms with Crippen LogP contribution in [0.1, 0.15) is 20.7 Å². The molecular weight excluding hydrogens is 400 g/mol. The molecule has 0 heterocycles. The zero-order valence-corrected chi connectivity index (χ0v) is 15.4. The molecule has 2 N–H and O–H groups in total. The number of hydrogen-bond donors (Lipinski definition) is 2. The Hall–Kier alpha value is -3.91. The van der Waals surface area contributed by atoms with Crippen molar-refractivity contribution in [1.82, 2.24) is 0 Å². The minimum absolute atomic E-state index is 0.00755. The monoisotopic (exact) mass is 412 g/mol. The zero-order valence-electron chi connectivity index (χ0n) is 14.7. The molecule has 3 aromatic rings. The predicted molar refractivity (Wildman–Crippen MR) is 106 cm³/mol. The van der Waals surface area contributed by atoms with Crippen LogP contribution in [0.15, 0.2) is 66.7 Å². The maximum atomic E-state index is 12.3. The highest BCUT2D eigenvalue weighted by Gasteiger charge is 2.18. The molecule has 0 saturated carbocycles. The molecule has 0 bridgehead atoms. The summed E-state index contributed by atoms with van der Waals surface area (Å²) in [6.45, 7) is 0. The SMILES string of the molecule is O=C(Nc1ccc(C(=O)Oc2ccccc2)c(O)c1)c1ccc(Cl)c([N+](=O)[O-])c1. The highest BCUT2D eigenvalue weighted by molar-refractivity contribution is 6.32. The van der Waals surface area contributed by atoms with Gasteiger partial charge in [-0.3, -0.25) is 14.9 Å². The molecule has 0 aliphatic heterocycles. The van der Waals surface area contributed by atoms with Gasteiger partial charge in [0.25, 0.3) is 11.6 Å². The Labute approximate surface area is 169 Å². The molecule has 29 heavy (non-hydrogen) atoms. The largest absolute Gasteiger partial charge is 0.507 e. The fraction of sp³-hybridized carbons (Fsp3) is 0. The smallest absolute Gasteiger partial charge is 0.347 e. The van der Waals surface area contributed by atoms with Crippen molar-refractivity contribution >= 4 is 34.9 Å². The van der Waals surface area contributed by atoms with Crippen molar-refractivity contribution < 1.29 is 24.4 Å². The van der Waals surface area contributed by atoms with Crippen molar-refractivity contribution in [2.75, 3.05) is 5.32 Å². The average molecular weight is 413 g/mol. The molecule has 0 unspecified atom stereocenters. The predicted octanol–water partition coefficient (Wildman–Crippen LogP) is 4.43. The van der Waals surface area contributed by atoms with E-state index in [0.717, 1.165) is 6.07 Å². The lowest BCUT2D eigenvalue weighted by Crippen LogP contribution is -2.13. The van der Waals surface area contributed by atoms with Gasteiger partial charge >= 0.3 is 5.97 Å². The van der Waals surface area contributed by atoms with Gasteiger partial charge in [-0.25, -0.2) is 4.79 Å². The van der Waals surface area contributed by atoms with Crippen LogP contribution < -0.4 is 10.1 Å². The van der Waals surface area contributed by atoms with Crippen molar-refractivity contribution in [2.24, 2.45) is 0 Å². The van der Waals surface area contributed by atoms with Gasteiger partial charge in [0.05, 0.1) is 4.92 Å². The van der Waals surface area contributed by atoms with Crippen molar-refractivity contribution in [3.05, 3.63) is 93.0 Å². The Morgan fingerprint density at radius 3 is 2.41 bits per heavy atom. The summed E-state index contributed by atoms with van der Waals surface area (Å²) in [5.74, 6) is -1.49. The van der Waals surface area contributed by atoms with E-state index in [1.165, 1.54) is 30.3 Å². The van der Waals surface area contributed by atoms with Crippen LogP contribution in [0, 0.1) is 10.1 Å². The van der Waals surface area contributed by atoms with Gasteiger partial charge in [-0.2, -0.15) is 0 Å². The van der Waals surface area contributed by atoms with Crippen LogP contribution in [0.5, 0.6) is 11.5 Å². The van der Waals surface area contributed by atoms with Crippen molar-refractivity contribution in [2.45, 2.75) is 0 Å². The van der Waals surface area contributed by atoms with Gasteiger partial charge in [0.1, 0.15) is 22.1 Å². The van der Waals surface area contributed by atoms with Gasteiger partial charge < -0.3 is 15.2 Å². The highest BCUT2D eigenvalue weighted by Crippen LogP contribution is 2.27. The first-order chi connectivity index (χ1) is 13.8. The van der Waals surface area contributed by atoms with E-state index >= 15 is 0 Å². The van der Waals surface area contributed by atoms with Gasteiger partial charge in [-0.1, -0.05) is 29.8 Å². The number of phenols is 1. The zero-order chi connectivity index (χ0) is 21.0. The number of phenolic OH excluding ortho intramolecular Hbond substituents is 1. The third-order valence-corrected chi connectivity index (χ3v) is 4.15. The standard InChI is InChI=1S/C20H13ClN2O6/c21-16-9-6-12(10-17(16)23(27)28)19(25)22-13-7-8-15(18(24)11-13)20(26)29-14-4-2-1-3-5-14/h1-11,24H,(H,22,25). The molecule has 0 fully saturated rings. The number of carbonyl (C=O) groups excluding carboxylic acids is 2. The number of halogens is 1. The number of amides is 1. The molecule has 3 aromatic carbocycles. The molecular formula is C20H13ClN2O6. The number of anilines is 1. The summed E-state index contributed by atoms with van der Waals surface area (Å²) in [5.41, 5.74) is -0.301. The second kappa shape index (κ2) is 8.41. The number of benzene rings is 3. The van der Waals surface area contributed by atoms with E-state index in [2.05, 4.69) is 5.32 Å². The van der Waals surface area contributed by atoms with Gasteiger partial charge in [-0.15, -0.1) is 0 Å². The fourth-order valence-electron chi connectivity index (χ4n) is 2.43. The summed E-state index contributed by atoms with van der Waals surface area (Å²) in [6.07, 6.45) is 0. The lowest BCUT2D eigenvalue weighted by molar-refractivity contribution is -0.384. The van der Waals surface area contributed by atoms with Crippen LogP contribution >= 0.6 is 11.6 Å². The first-order valence-electron chi connectivity index (χ1n) is 8.20. The number of rotatable bonds is 5. The van der Waals surface area contributed by atoms with Gasteiger partial charge in [0.15, 0.2) is 0 Å². The van der Waals surface area contributed by atoms with Crippen LogP contribution in [0.2, 0.25) is 5.02 Å². The molecule has 8 nitrogen and oxygen atoms in total. The molecule has 1 amide bonds. The number of ether oxygens (including phenoxy) is 1. The van der Waals surface area contributed by atoms with E-state index < -0.39 is 28.2 Å². The summed E-state index contributed by atoms with van der Waals surface area (Å²) in [5, 5.41) is 23.5. The number of nitro groups is 1. The van der Waals surface area contributed by atoms with Crippen molar-refractivity contribution in [1.29, 1.82) is 0 Å². The molecule has 0 aliphatic rings. The van der Waals surface area contributed by atoms with E-state index in [1.807, 2.05) is 0 Å². The molecule has 0 aromatic heterocycles. The minimum atomic E-state index is -0.764. The number of aromatic hydroxyl groups is 1. The molecule has 0 aliphatic carbocycles. The maximum Gasteiger partial charge on any atom is 0.347 e. The third-order valence-electron chi connectivity index (χ3n) is 3.83. The average Bonchev–Trinajstić information content (AvgIpc) is 2.68. The Morgan fingerprint density at radius 2 is 1.76 bits per heavy atom. The van der Waals surface area contributed by atoms with Gasteiger partial charge in [0, 0.05) is 23.4 Å². The summed E-state index contributed by atoms with van der Waals surface area (Å²) in [7, 11) is 0. The van der Waals surface area contributed by atoms with Crippen LogP contribution in [-0.2, 0) is 0 Å². The Kier molecular flexibility index (Phi) is 5.75. The van der Waals surface area contributed by atoms with E-state index in [-0.39, 0.29) is 21.8 Å². The van der Waals surface area contributed by atoms with Gasteiger partial charge in [-0.05, 0) is 36.4 Å². The molecule has 3 rings (SSSR count). The Balaban J connectivity index is 1.75. The highest BCUT2D eigenvalue weighted by atomic mass is 35.5. The molecule has 146 valence electrons. The summed E-state index contributed by atoms with van der Waals surface area (Å²) in [4.78, 5) is 34.7. The van der Waals surface area contributed by atoms with Crippen LogP contribution in [0.4, 0.5) is 11.4 Å². The van der Waals surface area contributed by atoms with Crippen molar-refractivity contribution in [3.8, 4) is 11.5 Å². The van der Waals surface area contributed by atoms with Crippen LogP contribution in [0.25, 0.3) is 0 Å². The summed E-state index contributed by atoms with van der Waals surface area (Å²) in [6, 6.07) is 15.8. The van der Waals surface area contributed by atoms with E-state index in [0.29, 0.717) is 5.75 Å². The second-order valence-corrected chi connectivity index (χ2v) is 6.22. The number of para-hydroxylation sites is 1. The topological polar surface area (TPSA) is 119 Å². The first kappa shape index (κ1) is 19.8. The third kappa shape index (κ3) is 4.69. The lowest BCUT2D eigenvalue weighted by Gasteiger charge is -2.09. The Bertz CT molecular complexity index is 1100. The number of esters is 1. The van der Waals surface area contributed by atoms with Crippen molar-refractivity contribution in [3.63, 3.8) is 0 Å². The van der Waals surface area contributed by atoms with Gasteiger partial charge in [0.2, 0.25) is 0 Å². The van der Waals surface area contributed by atoms with E-state index in [1.54, 1.807) is 30.3 Å². The van der Waals surface area contributed by atoms with E-state index in [9.17, 15) is 24.8 Å². The second-order valence-electron chi connectivity index (χ2n) is 5.81. The number of nitrogens with one attached hydrogen (secondary N) is 1. The maximum absolute atomic E-state index is 12.3. The Morgan fingerprint density at radius 1 is 1.03 bits per heavy atom.